The molecule has 2 rings (SSSR count). The van der Waals surface area contributed by atoms with Crippen LogP contribution in [-0.4, -0.2) is 27.7 Å². The Morgan fingerprint density at radius 1 is 1.37 bits per heavy atom. The number of nitrogens with one attached hydrogen (secondary N) is 2. The van der Waals surface area contributed by atoms with Crippen LogP contribution in [0.15, 0.2) is 18.2 Å². The molecule has 0 saturated carbocycles. The first-order valence-electron chi connectivity index (χ1n) is 5.94. The number of carbonyl (C=O) groups excluding carboxylic acids is 1. The number of anilines is 1. The van der Waals surface area contributed by atoms with Crippen LogP contribution < -0.4 is 10.1 Å². The monoisotopic (exact) mass is 260 g/mol. The molecule has 0 aliphatic carbocycles. The molecule has 0 saturated heterocycles. The molecule has 6 nitrogen and oxygen atoms in total. The first kappa shape index (κ1) is 13.1. The van der Waals surface area contributed by atoms with Gasteiger partial charge in [0.25, 0.3) is 5.91 Å². The van der Waals surface area contributed by atoms with E-state index >= 15 is 0 Å². The molecule has 0 bridgehead atoms. The summed E-state index contributed by atoms with van der Waals surface area (Å²) in [5.41, 5.74) is 2.16. The van der Waals surface area contributed by atoms with E-state index < -0.39 is 0 Å². The molecule has 0 spiro atoms. The highest BCUT2D eigenvalue weighted by atomic mass is 16.5. The lowest BCUT2D eigenvalue weighted by Crippen LogP contribution is -2.21. The fourth-order valence-corrected chi connectivity index (χ4v) is 1.58. The number of hydrogen-bond donors (Lipinski definition) is 2. The largest absolute Gasteiger partial charge is 0.483 e. The summed E-state index contributed by atoms with van der Waals surface area (Å²) in [5.74, 6) is 1.32. The number of aryl methyl sites for hydroxylation is 2. The molecular weight excluding hydrogens is 244 g/mol. The number of carbonyl (C=O) groups is 1. The molecule has 1 aromatic heterocycles. The van der Waals surface area contributed by atoms with Crippen molar-refractivity contribution in [3.05, 3.63) is 35.2 Å². The maximum atomic E-state index is 11.7. The summed E-state index contributed by atoms with van der Waals surface area (Å²) in [7, 11) is 0. The van der Waals surface area contributed by atoms with Crippen molar-refractivity contribution in [1.82, 2.24) is 15.2 Å². The Kier molecular flexibility index (Phi) is 3.79. The quantitative estimate of drug-likeness (QED) is 0.877. The van der Waals surface area contributed by atoms with Crippen molar-refractivity contribution < 1.29 is 9.53 Å². The Hall–Kier alpha value is -2.37. The second-order valence-corrected chi connectivity index (χ2v) is 4.28. The third-order valence-corrected chi connectivity index (χ3v) is 2.76. The van der Waals surface area contributed by atoms with Gasteiger partial charge in [-0.25, -0.2) is 0 Å². The van der Waals surface area contributed by atoms with E-state index in [0.29, 0.717) is 11.6 Å². The van der Waals surface area contributed by atoms with E-state index in [0.717, 1.165) is 11.1 Å². The molecule has 6 heteroatoms. The zero-order valence-electron chi connectivity index (χ0n) is 11.2. The number of rotatable bonds is 4. The summed E-state index contributed by atoms with van der Waals surface area (Å²) in [4.78, 5) is 15.6. The van der Waals surface area contributed by atoms with Crippen molar-refractivity contribution >= 4 is 11.9 Å². The Balaban J connectivity index is 1.91. The van der Waals surface area contributed by atoms with Gasteiger partial charge in [0.15, 0.2) is 6.61 Å². The van der Waals surface area contributed by atoms with Crippen molar-refractivity contribution in [2.45, 2.75) is 20.8 Å². The lowest BCUT2D eigenvalue weighted by molar-refractivity contribution is -0.118. The van der Waals surface area contributed by atoms with Gasteiger partial charge in [0, 0.05) is 0 Å². The van der Waals surface area contributed by atoms with Gasteiger partial charge in [-0.15, -0.1) is 5.10 Å². The maximum absolute atomic E-state index is 11.7. The minimum atomic E-state index is -0.292. The number of aromatic amines is 1. The fourth-order valence-electron chi connectivity index (χ4n) is 1.58. The van der Waals surface area contributed by atoms with E-state index in [9.17, 15) is 4.79 Å². The Morgan fingerprint density at radius 2 is 2.16 bits per heavy atom. The molecule has 2 N–H and O–H groups in total. The maximum Gasteiger partial charge on any atom is 0.264 e. The highest BCUT2D eigenvalue weighted by Gasteiger charge is 2.08. The van der Waals surface area contributed by atoms with Gasteiger partial charge in [0.05, 0.1) is 0 Å². The van der Waals surface area contributed by atoms with E-state index in [1.54, 1.807) is 6.92 Å². The van der Waals surface area contributed by atoms with Crippen LogP contribution in [0.3, 0.4) is 0 Å². The Morgan fingerprint density at radius 3 is 2.84 bits per heavy atom. The van der Waals surface area contributed by atoms with E-state index in [-0.39, 0.29) is 18.5 Å². The van der Waals surface area contributed by atoms with Crippen molar-refractivity contribution in [3.8, 4) is 5.75 Å². The van der Waals surface area contributed by atoms with Crippen LogP contribution in [0, 0.1) is 20.8 Å². The topological polar surface area (TPSA) is 79.9 Å². The second kappa shape index (κ2) is 5.51. The summed E-state index contributed by atoms with van der Waals surface area (Å²) in [6.07, 6.45) is 0. The van der Waals surface area contributed by atoms with E-state index in [1.165, 1.54) is 0 Å². The lowest BCUT2D eigenvalue weighted by atomic mass is 10.1. The lowest BCUT2D eigenvalue weighted by Gasteiger charge is -2.10. The van der Waals surface area contributed by atoms with Gasteiger partial charge >= 0.3 is 0 Å². The average molecular weight is 260 g/mol. The van der Waals surface area contributed by atoms with Gasteiger partial charge in [-0.2, -0.15) is 4.98 Å². The number of benzene rings is 1. The number of H-pyrrole nitrogens is 1. The molecule has 0 fully saturated rings. The molecule has 0 atom stereocenters. The molecule has 2 aromatic rings. The van der Waals surface area contributed by atoms with Crippen molar-refractivity contribution in [3.63, 3.8) is 0 Å². The van der Waals surface area contributed by atoms with Gasteiger partial charge in [-0.3, -0.25) is 15.2 Å². The van der Waals surface area contributed by atoms with Gasteiger partial charge in [0.2, 0.25) is 5.95 Å². The van der Waals surface area contributed by atoms with Crippen LogP contribution in [0.4, 0.5) is 5.95 Å². The minimum absolute atomic E-state index is 0.0715. The summed E-state index contributed by atoms with van der Waals surface area (Å²) < 4.78 is 5.48. The van der Waals surface area contributed by atoms with Crippen molar-refractivity contribution in [2.24, 2.45) is 0 Å². The number of hydrogen-bond acceptors (Lipinski definition) is 4. The molecular formula is C13H16N4O2. The second-order valence-electron chi connectivity index (χ2n) is 4.28. The van der Waals surface area contributed by atoms with Gasteiger partial charge in [0.1, 0.15) is 11.6 Å². The third-order valence-electron chi connectivity index (χ3n) is 2.76. The molecule has 1 amide bonds. The number of aromatic nitrogens is 3. The minimum Gasteiger partial charge on any atom is -0.483 e. The highest BCUT2D eigenvalue weighted by Crippen LogP contribution is 2.20. The van der Waals surface area contributed by atoms with Gasteiger partial charge in [-0.05, 0) is 38.0 Å². The Labute approximate surface area is 111 Å². The zero-order chi connectivity index (χ0) is 13.8. The molecule has 0 unspecified atom stereocenters. The predicted molar refractivity (Wildman–Crippen MR) is 71.2 cm³/mol. The average Bonchev–Trinajstić information content (AvgIpc) is 2.76. The summed E-state index contributed by atoms with van der Waals surface area (Å²) in [5, 5.41) is 9.02. The highest BCUT2D eigenvalue weighted by molar-refractivity contribution is 5.90. The van der Waals surface area contributed by atoms with Crippen LogP contribution >= 0.6 is 0 Å². The molecule has 100 valence electrons. The standard InChI is InChI=1S/C13H16N4O2/c1-8-5-4-6-11(9(8)2)19-7-12(18)15-13-14-10(3)16-17-13/h4-6H,7H2,1-3H3,(H2,14,15,16,17,18). The van der Waals surface area contributed by atoms with Crippen molar-refractivity contribution in [1.29, 1.82) is 0 Å². The van der Waals surface area contributed by atoms with E-state index in [1.807, 2.05) is 32.0 Å². The first-order chi connectivity index (χ1) is 9.06. The molecule has 0 aliphatic heterocycles. The van der Waals surface area contributed by atoms with Crippen LogP contribution in [0.1, 0.15) is 17.0 Å². The summed E-state index contributed by atoms with van der Waals surface area (Å²) in [6.45, 7) is 5.65. The summed E-state index contributed by atoms with van der Waals surface area (Å²) >= 11 is 0. The SMILES string of the molecule is Cc1nc(NC(=O)COc2cccc(C)c2C)n[nH]1. The smallest absolute Gasteiger partial charge is 0.264 e. The van der Waals surface area contributed by atoms with Gasteiger partial charge < -0.3 is 4.74 Å². The fraction of sp³-hybridized carbons (Fsp3) is 0.308. The van der Waals surface area contributed by atoms with Crippen molar-refractivity contribution in [2.75, 3.05) is 11.9 Å². The van der Waals surface area contributed by atoms with Crippen LogP contribution in [0.5, 0.6) is 5.75 Å². The van der Waals surface area contributed by atoms with Crippen LogP contribution in [-0.2, 0) is 4.79 Å². The van der Waals surface area contributed by atoms with Gasteiger partial charge in [-0.1, -0.05) is 12.1 Å². The van der Waals surface area contributed by atoms with E-state index in [2.05, 4.69) is 20.5 Å². The zero-order valence-corrected chi connectivity index (χ0v) is 11.2. The molecule has 19 heavy (non-hydrogen) atoms. The Bertz CT molecular complexity index is 592. The number of amides is 1. The normalized spacial score (nSPS) is 10.3. The molecule has 0 radical (unpaired) electrons. The predicted octanol–water partition coefficient (Wildman–Crippen LogP) is 1.75. The molecule has 1 aromatic carbocycles. The van der Waals surface area contributed by atoms with Crippen LogP contribution in [0.2, 0.25) is 0 Å². The van der Waals surface area contributed by atoms with Crippen LogP contribution in [0.25, 0.3) is 0 Å². The first-order valence-corrected chi connectivity index (χ1v) is 5.94. The molecule has 0 aliphatic rings. The summed E-state index contributed by atoms with van der Waals surface area (Å²) in [6, 6.07) is 5.74. The number of nitrogens with zero attached hydrogens (tertiary/aromatic N) is 2. The number of ether oxygens (including phenoxy) is 1. The third kappa shape index (κ3) is 3.31. The molecule has 1 heterocycles. The van der Waals surface area contributed by atoms with E-state index in [4.69, 9.17) is 4.74 Å².